The maximum Gasteiger partial charge on any atom is 0.137 e. The fourth-order valence-corrected chi connectivity index (χ4v) is 2.98. The van der Waals surface area contributed by atoms with Crippen LogP contribution in [0.2, 0.25) is 5.02 Å². The number of hydrogen-bond acceptors (Lipinski definition) is 1. The van der Waals surface area contributed by atoms with Gasteiger partial charge in [0.1, 0.15) is 5.82 Å². The van der Waals surface area contributed by atoms with E-state index in [9.17, 15) is 4.39 Å². The summed E-state index contributed by atoms with van der Waals surface area (Å²) in [6, 6.07) is 11.4. The first-order valence-corrected chi connectivity index (χ1v) is 8.05. The highest BCUT2D eigenvalue weighted by Crippen LogP contribution is 2.32. The molecule has 0 heterocycles. The molecule has 1 atom stereocenters. The fraction of sp³-hybridized carbons (Fsp3) is 0.294. The average Bonchev–Trinajstić information content (AvgIpc) is 2.46. The number of nitrogens with zero attached hydrogens (tertiary/aromatic N) is 1. The van der Waals surface area contributed by atoms with Gasteiger partial charge in [0.05, 0.1) is 10.5 Å². The van der Waals surface area contributed by atoms with Crippen molar-refractivity contribution in [3.8, 4) is 0 Å². The van der Waals surface area contributed by atoms with Crippen molar-refractivity contribution in [2.24, 2.45) is 0 Å². The number of aryl methyl sites for hydroxylation is 1. The van der Waals surface area contributed by atoms with E-state index in [0.717, 1.165) is 22.7 Å². The molecule has 0 N–H and O–H groups in total. The number of hydrogen-bond donors (Lipinski definition) is 0. The van der Waals surface area contributed by atoms with Gasteiger partial charge in [-0.1, -0.05) is 30.7 Å². The SMILES string of the molecule is CCC(c1ccc(Cl)c(C)c1)N(C)c1ccc(F)c(Br)c1. The molecule has 0 aliphatic rings. The summed E-state index contributed by atoms with van der Waals surface area (Å²) in [6.07, 6.45) is 0.951. The van der Waals surface area contributed by atoms with E-state index in [0.29, 0.717) is 4.47 Å². The summed E-state index contributed by atoms with van der Waals surface area (Å²) >= 11 is 9.35. The Morgan fingerprint density at radius 2 is 1.95 bits per heavy atom. The van der Waals surface area contributed by atoms with Crippen LogP contribution >= 0.6 is 27.5 Å². The van der Waals surface area contributed by atoms with E-state index in [4.69, 9.17) is 11.6 Å². The zero-order valence-corrected chi connectivity index (χ0v) is 14.7. The first kappa shape index (κ1) is 16.3. The predicted molar refractivity (Wildman–Crippen MR) is 91.7 cm³/mol. The van der Waals surface area contributed by atoms with Gasteiger partial charge in [-0.3, -0.25) is 0 Å². The summed E-state index contributed by atoms with van der Waals surface area (Å²) in [4.78, 5) is 2.16. The molecule has 2 aromatic rings. The molecule has 0 aromatic heterocycles. The lowest BCUT2D eigenvalue weighted by atomic mass is 10.0. The molecule has 0 aliphatic heterocycles. The lowest BCUT2D eigenvalue weighted by molar-refractivity contribution is 0.617. The Labute approximate surface area is 138 Å². The first-order valence-electron chi connectivity index (χ1n) is 6.88. The van der Waals surface area contributed by atoms with E-state index in [1.54, 1.807) is 12.1 Å². The van der Waals surface area contributed by atoms with Crippen molar-refractivity contribution >= 4 is 33.2 Å². The third kappa shape index (κ3) is 3.58. The van der Waals surface area contributed by atoms with Crippen molar-refractivity contribution in [3.05, 3.63) is 62.8 Å². The standard InChI is InChI=1S/C17H18BrClFN/c1-4-17(12-5-7-15(19)11(2)9-12)21(3)13-6-8-16(20)14(18)10-13/h5-10,17H,4H2,1-3H3. The third-order valence-corrected chi connectivity index (χ3v) is 4.76. The van der Waals surface area contributed by atoms with Crippen LogP contribution in [0.15, 0.2) is 40.9 Å². The third-order valence-electron chi connectivity index (χ3n) is 3.73. The monoisotopic (exact) mass is 369 g/mol. The molecule has 2 rings (SSSR count). The molecule has 1 unspecified atom stereocenters. The number of anilines is 1. The minimum absolute atomic E-state index is 0.221. The normalized spacial score (nSPS) is 12.3. The van der Waals surface area contributed by atoms with Crippen LogP contribution in [0, 0.1) is 12.7 Å². The van der Waals surface area contributed by atoms with Gasteiger partial charge >= 0.3 is 0 Å². The van der Waals surface area contributed by atoms with Gasteiger partial charge < -0.3 is 4.90 Å². The van der Waals surface area contributed by atoms with Crippen LogP contribution in [0.5, 0.6) is 0 Å². The van der Waals surface area contributed by atoms with Gasteiger partial charge in [0, 0.05) is 17.8 Å². The molecule has 0 fully saturated rings. The zero-order chi connectivity index (χ0) is 15.6. The highest BCUT2D eigenvalue weighted by atomic mass is 79.9. The lowest BCUT2D eigenvalue weighted by Gasteiger charge is -2.30. The van der Waals surface area contributed by atoms with Gasteiger partial charge in [0.2, 0.25) is 0 Å². The fourth-order valence-electron chi connectivity index (χ4n) is 2.49. The van der Waals surface area contributed by atoms with Crippen molar-refractivity contribution in [1.82, 2.24) is 0 Å². The van der Waals surface area contributed by atoms with Gasteiger partial charge in [0.15, 0.2) is 0 Å². The van der Waals surface area contributed by atoms with Crippen molar-refractivity contribution in [2.75, 3.05) is 11.9 Å². The van der Waals surface area contributed by atoms with Crippen molar-refractivity contribution in [2.45, 2.75) is 26.3 Å². The summed E-state index contributed by atoms with van der Waals surface area (Å²) in [5, 5.41) is 0.779. The van der Waals surface area contributed by atoms with Gasteiger partial charge in [0.25, 0.3) is 0 Å². The Bertz CT molecular complexity index is 645. The van der Waals surface area contributed by atoms with Crippen LogP contribution in [-0.4, -0.2) is 7.05 Å². The number of rotatable bonds is 4. The van der Waals surface area contributed by atoms with Gasteiger partial charge in [-0.05, 0) is 64.7 Å². The molecule has 4 heteroatoms. The summed E-state index contributed by atoms with van der Waals surface area (Å²) < 4.78 is 13.9. The zero-order valence-electron chi connectivity index (χ0n) is 12.3. The lowest BCUT2D eigenvalue weighted by Crippen LogP contribution is -2.23. The van der Waals surface area contributed by atoms with Crippen LogP contribution in [0.3, 0.4) is 0 Å². The van der Waals surface area contributed by atoms with Crippen LogP contribution in [0.4, 0.5) is 10.1 Å². The van der Waals surface area contributed by atoms with E-state index in [2.05, 4.69) is 39.9 Å². The molecule has 0 radical (unpaired) electrons. The largest absolute Gasteiger partial charge is 0.368 e. The predicted octanol–water partition coefficient (Wildman–Crippen LogP) is 6.14. The molecule has 0 amide bonds. The molecule has 0 bridgehead atoms. The Kier molecular flexibility index (Phi) is 5.28. The van der Waals surface area contributed by atoms with Crippen molar-refractivity contribution in [1.29, 1.82) is 0 Å². The van der Waals surface area contributed by atoms with E-state index in [1.807, 2.05) is 20.0 Å². The Hall–Kier alpha value is -1.06. The smallest absolute Gasteiger partial charge is 0.137 e. The Morgan fingerprint density at radius 3 is 2.52 bits per heavy atom. The Morgan fingerprint density at radius 1 is 1.24 bits per heavy atom. The average molecular weight is 371 g/mol. The first-order chi connectivity index (χ1) is 9.93. The molecule has 1 nitrogen and oxygen atoms in total. The second kappa shape index (κ2) is 6.80. The molecule has 0 aliphatic carbocycles. The molecule has 112 valence electrons. The number of halogens is 3. The summed E-state index contributed by atoms with van der Waals surface area (Å²) in [7, 11) is 2.03. The minimum Gasteiger partial charge on any atom is -0.368 e. The van der Waals surface area contributed by atoms with E-state index in [-0.39, 0.29) is 11.9 Å². The maximum absolute atomic E-state index is 13.4. The van der Waals surface area contributed by atoms with Gasteiger partial charge in [-0.15, -0.1) is 0 Å². The quantitative estimate of drug-likeness (QED) is 0.625. The highest BCUT2D eigenvalue weighted by molar-refractivity contribution is 9.10. The van der Waals surface area contributed by atoms with Crippen LogP contribution < -0.4 is 4.90 Å². The summed E-state index contributed by atoms with van der Waals surface area (Å²) in [5.74, 6) is -0.248. The Balaban J connectivity index is 2.35. The number of benzene rings is 2. The van der Waals surface area contributed by atoms with E-state index >= 15 is 0 Å². The molecular weight excluding hydrogens is 353 g/mol. The molecule has 0 saturated carbocycles. The van der Waals surface area contributed by atoms with Gasteiger partial charge in [-0.25, -0.2) is 4.39 Å². The second-order valence-electron chi connectivity index (χ2n) is 5.14. The summed E-state index contributed by atoms with van der Waals surface area (Å²) in [6.45, 7) is 4.15. The molecular formula is C17H18BrClFN. The van der Waals surface area contributed by atoms with Gasteiger partial charge in [-0.2, -0.15) is 0 Å². The van der Waals surface area contributed by atoms with Crippen LogP contribution in [0.25, 0.3) is 0 Å². The topological polar surface area (TPSA) is 3.24 Å². The second-order valence-corrected chi connectivity index (χ2v) is 6.40. The van der Waals surface area contributed by atoms with Crippen molar-refractivity contribution < 1.29 is 4.39 Å². The van der Waals surface area contributed by atoms with Crippen molar-refractivity contribution in [3.63, 3.8) is 0 Å². The summed E-state index contributed by atoms with van der Waals surface area (Å²) in [5.41, 5.74) is 3.26. The highest BCUT2D eigenvalue weighted by Gasteiger charge is 2.17. The molecule has 21 heavy (non-hydrogen) atoms. The van der Waals surface area contributed by atoms with Crippen LogP contribution in [0.1, 0.15) is 30.5 Å². The molecule has 0 saturated heterocycles. The molecule has 0 spiro atoms. The minimum atomic E-state index is -0.248. The van der Waals surface area contributed by atoms with E-state index < -0.39 is 0 Å². The van der Waals surface area contributed by atoms with Crippen LogP contribution in [-0.2, 0) is 0 Å². The maximum atomic E-state index is 13.4. The molecule has 2 aromatic carbocycles. The van der Waals surface area contributed by atoms with E-state index in [1.165, 1.54) is 11.6 Å².